The third-order valence-electron chi connectivity index (χ3n) is 2.33. The fourth-order valence-corrected chi connectivity index (χ4v) is 1.80. The Morgan fingerprint density at radius 1 is 1.45 bits per heavy atom. The third kappa shape index (κ3) is 2.87. The van der Waals surface area contributed by atoms with Crippen molar-refractivity contribution in [1.29, 1.82) is 0 Å². The van der Waals surface area contributed by atoms with E-state index >= 15 is 0 Å². The maximum absolute atomic E-state index is 11.4. The first-order valence-corrected chi connectivity index (χ1v) is 6.34. The van der Waals surface area contributed by atoms with E-state index in [4.69, 9.17) is 9.47 Å². The average Bonchev–Trinajstić information content (AvgIpc) is 2.44. The third-order valence-corrected chi connectivity index (χ3v) is 3.29. The van der Waals surface area contributed by atoms with Gasteiger partial charge >= 0.3 is 5.69 Å². The second-order valence-electron chi connectivity index (χ2n) is 3.54. The van der Waals surface area contributed by atoms with E-state index in [0.29, 0.717) is 5.75 Å². The van der Waals surface area contributed by atoms with Crippen LogP contribution in [-0.4, -0.2) is 22.0 Å². The van der Waals surface area contributed by atoms with E-state index < -0.39 is 4.92 Å². The van der Waals surface area contributed by atoms with E-state index in [9.17, 15) is 14.9 Å². The van der Waals surface area contributed by atoms with Crippen molar-refractivity contribution in [1.82, 2.24) is 9.97 Å². The van der Waals surface area contributed by atoms with Crippen molar-refractivity contribution < 1.29 is 14.4 Å². The maximum atomic E-state index is 11.4. The van der Waals surface area contributed by atoms with Gasteiger partial charge in [0, 0.05) is 0 Å². The highest BCUT2D eigenvalue weighted by atomic mass is 127. The summed E-state index contributed by atoms with van der Waals surface area (Å²) in [4.78, 5) is 28.0. The molecule has 0 aliphatic carbocycles. The highest BCUT2D eigenvalue weighted by molar-refractivity contribution is 14.1. The lowest BCUT2D eigenvalue weighted by Crippen LogP contribution is -2.11. The van der Waals surface area contributed by atoms with Gasteiger partial charge in [-0.15, -0.1) is 0 Å². The molecule has 8 nitrogen and oxygen atoms in total. The number of ether oxygens (including phenoxy) is 2. The molecule has 0 amide bonds. The summed E-state index contributed by atoms with van der Waals surface area (Å²) in [5.74, 6) is 0.312. The van der Waals surface area contributed by atoms with E-state index in [0.717, 1.165) is 6.33 Å². The molecule has 2 aromatic rings. The Morgan fingerprint density at radius 2 is 2.20 bits per heavy atom. The predicted octanol–water partition coefficient (Wildman–Crippen LogP) is 2.08. The number of hydrogen-bond acceptors (Lipinski definition) is 6. The number of halogens is 1. The molecule has 0 aliphatic heterocycles. The standard InChI is InChI=1S/C11H8IN3O5/c1-19-6-2-3-8(7(4-6)15(17)18)20-11-9(12)10(16)13-5-14-11/h2-5H,1H3,(H,13,14,16). The quantitative estimate of drug-likeness (QED) is 0.488. The molecule has 0 saturated carbocycles. The highest BCUT2D eigenvalue weighted by Crippen LogP contribution is 2.34. The fraction of sp³-hybridized carbons (Fsp3) is 0.0909. The van der Waals surface area contributed by atoms with Gasteiger partial charge in [0.1, 0.15) is 9.32 Å². The van der Waals surface area contributed by atoms with Gasteiger partial charge in [0.2, 0.25) is 11.6 Å². The number of H-pyrrole nitrogens is 1. The molecule has 0 bridgehead atoms. The number of methoxy groups -OCH3 is 1. The summed E-state index contributed by atoms with van der Waals surface area (Å²) in [5.41, 5.74) is -0.658. The molecular formula is C11H8IN3O5. The van der Waals surface area contributed by atoms with Gasteiger partial charge in [0.05, 0.1) is 24.4 Å². The Hall–Kier alpha value is -2.17. The number of hydrogen-bond donors (Lipinski definition) is 1. The van der Waals surface area contributed by atoms with E-state index in [1.807, 2.05) is 0 Å². The molecule has 0 unspecified atom stereocenters. The lowest BCUT2D eigenvalue weighted by atomic mass is 10.3. The Balaban J connectivity index is 2.45. The summed E-state index contributed by atoms with van der Waals surface area (Å²) in [7, 11) is 1.40. The summed E-state index contributed by atoms with van der Waals surface area (Å²) in [6.07, 6.45) is 1.16. The normalized spacial score (nSPS) is 10.1. The van der Waals surface area contributed by atoms with Crippen LogP contribution in [0.5, 0.6) is 17.4 Å². The van der Waals surface area contributed by atoms with Crippen LogP contribution in [0.3, 0.4) is 0 Å². The predicted molar refractivity (Wildman–Crippen MR) is 77.3 cm³/mol. The van der Waals surface area contributed by atoms with Gasteiger partial charge in [0.25, 0.3) is 5.56 Å². The zero-order valence-electron chi connectivity index (χ0n) is 10.1. The van der Waals surface area contributed by atoms with E-state index in [-0.39, 0.29) is 26.4 Å². The lowest BCUT2D eigenvalue weighted by molar-refractivity contribution is -0.385. The first-order valence-electron chi connectivity index (χ1n) is 5.26. The molecule has 0 aliphatic rings. The molecule has 0 radical (unpaired) electrons. The van der Waals surface area contributed by atoms with Crippen LogP contribution in [0.4, 0.5) is 5.69 Å². The van der Waals surface area contributed by atoms with Crippen molar-refractivity contribution in [2.45, 2.75) is 0 Å². The molecule has 0 fully saturated rings. The van der Waals surface area contributed by atoms with E-state index in [1.54, 1.807) is 22.6 Å². The van der Waals surface area contributed by atoms with E-state index in [1.165, 1.54) is 25.3 Å². The maximum Gasteiger partial charge on any atom is 0.315 e. The Bertz CT molecular complexity index is 715. The number of benzene rings is 1. The Morgan fingerprint density at radius 3 is 2.85 bits per heavy atom. The van der Waals surface area contributed by atoms with Gasteiger partial charge in [-0.2, -0.15) is 0 Å². The Kier molecular flexibility index (Phi) is 4.17. The highest BCUT2D eigenvalue weighted by Gasteiger charge is 2.19. The van der Waals surface area contributed by atoms with Gasteiger partial charge < -0.3 is 14.5 Å². The smallest absolute Gasteiger partial charge is 0.315 e. The molecule has 9 heteroatoms. The number of nitrogens with one attached hydrogen (secondary N) is 1. The molecule has 1 N–H and O–H groups in total. The second-order valence-corrected chi connectivity index (χ2v) is 4.62. The van der Waals surface area contributed by atoms with Crippen molar-refractivity contribution in [3.05, 3.63) is 48.6 Å². The minimum absolute atomic E-state index is 0.00242. The number of aromatic amines is 1. The molecule has 1 aromatic carbocycles. The van der Waals surface area contributed by atoms with Crippen LogP contribution in [0.2, 0.25) is 0 Å². The van der Waals surface area contributed by atoms with Gasteiger partial charge in [-0.3, -0.25) is 14.9 Å². The number of aromatic nitrogens is 2. The summed E-state index contributed by atoms with van der Waals surface area (Å²) in [5, 5.41) is 11.0. The molecule has 0 spiro atoms. The molecule has 104 valence electrons. The average molecular weight is 389 g/mol. The minimum atomic E-state index is -0.599. The SMILES string of the molecule is COc1ccc(Oc2nc[nH]c(=O)c2I)c([N+](=O)[O-])c1. The summed E-state index contributed by atoms with van der Waals surface area (Å²) in [6.45, 7) is 0. The van der Waals surface area contributed by atoms with Crippen molar-refractivity contribution >= 4 is 28.3 Å². The molecule has 0 atom stereocenters. The number of nitro benzene ring substituents is 1. The van der Waals surface area contributed by atoms with Crippen molar-refractivity contribution in [2.75, 3.05) is 7.11 Å². The number of rotatable bonds is 4. The van der Waals surface area contributed by atoms with Gasteiger partial charge in [-0.05, 0) is 34.7 Å². The van der Waals surface area contributed by atoms with E-state index in [2.05, 4.69) is 9.97 Å². The van der Waals surface area contributed by atoms with Crippen LogP contribution in [0, 0.1) is 13.7 Å². The Labute approximate surface area is 126 Å². The zero-order valence-corrected chi connectivity index (χ0v) is 12.3. The fourth-order valence-electron chi connectivity index (χ4n) is 1.40. The molecule has 2 rings (SSSR count). The van der Waals surface area contributed by atoms with Crippen LogP contribution >= 0.6 is 22.6 Å². The van der Waals surface area contributed by atoms with Crippen LogP contribution in [0.1, 0.15) is 0 Å². The topological polar surface area (TPSA) is 107 Å². The lowest BCUT2D eigenvalue weighted by Gasteiger charge is -2.07. The largest absolute Gasteiger partial charge is 0.496 e. The van der Waals surface area contributed by atoms with Gasteiger partial charge in [-0.25, -0.2) is 4.98 Å². The molecule has 0 saturated heterocycles. The molecule has 1 aromatic heterocycles. The summed E-state index contributed by atoms with van der Waals surface area (Å²) < 4.78 is 10.5. The van der Waals surface area contributed by atoms with Crippen LogP contribution < -0.4 is 15.0 Å². The van der Waals surface area contributed by atoms with Crippen molar-refractivity contribution in [2.24, 2.45) is 0 Å². The van der Waals surface area contributed by atoms with Gasteiger partial charge in [-0.1, -0.05) is 0 Å². The van der Waals surface area contributed by atoms with Gasteiger partial charge in [0.15, 0.2) is 0 Å². The molecule has 1 heterocycles. The van der Waals surface area contributed by atoms with Crippen molar-refractivity contribution in [3.63, 3.8) is 0 Å². The van der Waals surface area contributed by atoms with Crippen LogP contribution in [0.15, 0.2) is 29.3 Å². The summed E-state index contributed by atoms with van der Waals surface area (Å²) >= 11 is 1.75. The second kappa shape index (κ2) is 5.86. The van der Waals surface area contributed by atoms with Crippen molar-refractivity contribution in [3.8, 4) is 17.4 Å². The first kappa shape index (κ1) is 14.2. The number of nitrogens with zero attached hydrogens (tertiary/aromatic N) is 2. The zero-order chi connectivity index (χ0) is 14.7. The molecular weight excluding hydrogens is 381 g/mol. The molecule has 20 heavy (non-hydrogen) atoms. The summed E-state index contributed by atoms with van der Waals surface area (Å²) in [6, 6.07) is 4.13. The minimum Gasteiger partial charge on any atom is -0.496 e. The first-order chi connectivity index (χ1) is 9.52. The monoisotopic (exact) mass is 389 g/mol. The van der Waals surface area contributed by atoms with Crippen LogP contribution in [0.25, 0.3) is 0 Å². The number of nitro groups is 1. The van der Waals surface area contributed by atoms with Crippen LogP contribution in [-0.2, 0) is 0 Å².